The molecule has 0 spiro atoms. The van der Waals surface area contributed by atoms with E-state index < -0.39 is 0 Å². The highest BCUT2D eigenvalue weighted by Gasteiger charge is 2.39. The van der Waals surface area contributed by atoms with Gasteiger partial charge in [-0.15, -0.1) is 5.10 Å². The van der Waals surface area contributed by atoms with Crippen molar-refractivity contribution < 1.29 is 9.47 Å². The van der Waals surface area contributed by atoms with Crippen LogP contribution in [0.15, 0.2) is 36.4 Å². The van der Waals surface area contributed by atoms with Crippen molar-refractivity contribution in [2.24, 2.45) is 0 Å². The molecule has 1 saturated carbocycles. The highest BCUT2D eigenvalue weighted by molar-refractivity contribution is 5.55. The molecule has 3 aromatic rings. The summed E-state index contributed by atoms with van der Waals surface area (Å²) < 4.78 is 13.3. The van der Waals surface area contributed by atoms with Crippen molar-refractivity contribution in [1.29, 1.82) is 0 Å². The SMILES string of the molecule is Cc1ccc(NC2(c3nnnn3-c3ccc4c(c3)OCCO4)CCCCC2)c(C)c1. The number of rotatable bonds is 4. The van der Waals surface area contributed by atoms with E-state index in [-0.39, 0.29) is 5.54 Å². The summed E-state index contributed by atoms with van der Waals surface area (Å²) >= 11 is 0. The maximum atomic E-state index is 5.77. The number of aryl methyl sites for hydroxylation is 2. The van der Waals surface area contributed by atoms with Gasteiger partial charge in [-0.3, -0.25) is 0 Å². The van der Waals surface area contributed by atoms with Gasteiger partial charge in [-0.1, -0.05) is 37.0 Å². The summed E-state index contributed by atoms with van der Waals surface area (Å²) in [6, 6.07) is 12.4. The summed E-state index contributed by atoms with van der Waals surface area (Å²) in [6.07, 6.45) is 5.51. The summed E-state index contributed by atoms with van der Waals surface area (Å²) in [5.41, 5.74) is 4.20. The van der Waals surface area contributed by atoms with E-state index in [0.29, 0.717) is 13.2 Å². The van der Waals surface area contributed by atoms with E-state index in [1.54, 1.807) is 0 Å². The standard InChI is InChI=1S/C23H27N5O2/c1-16-6-8-19(17(2)14-16)24-23(10-4-3-5-11-23)22-25-26-27-28(22)18-7-9-20-21(15-18)30-13-12-29-20/h6-9,14-15,24H,3-5,10-13H2,1-2H3. The van der Waals surface area contributed by atoms with Crippen LogP contribution >= 0.6 is 0 Å². The molecule has 2 heterocycles. The fourth-order valence-corrected chi connectivity index (χ4v) is 4.59. The number of fused-ring (bicyclic) bond motifs is 1. The predicted octanol–water partition coefficient (Wildman–Crippen LogP) is 4.32. The number of ether oxygens (including phenoxy) is 2. The topological polar surface area (TPSA) is 74.1 Å². The number of tetrazole rings is 1. The molecule has 1 aliphatic heterocycles. The maximum Gasteiger partial charge on any atom is 0.181 e. The molecule has 1 fully saturated rings. The molecule has 7 nitrogen and oxygen atoms in total. The van der Waals surface area contributed by atoms with E-state index in [4.69, 9.17) is 9.47 Å². The van der Waals surface area contributed by atoms with Gasteiger partial charge in [-0.05, 0) is 60.9 Å². The smallest absolute Gasteiger partial charge is 0.181 e. The van der Waals surface area contributed by atoms with Crippen LogP contribution in [0.3, 0.4) is 0 Å². The number of aromatic nitrogens is 4. The fraction of sp³-hybridized carbons (Fsp3) is 0.435. The molecule has 0 bridgehead atoms. The number of anilines is 1. The van der Waals surface area contributed by atoms with Crippen LogP contribution in [0.2, 0.25) is 0 Å². The number of hydrogen-bond donors (Lipinski definition) is 1. The second-order valence-electron chi connectivity index (χ2n) is 8.33. The Kier molecular flexibility index (Phi) is 4.81. The third-order valence-corrected chi connectivity index (χ3v) is 6.13. The molecule has 1 N–H and O–H groups in total. The lowest BCUT2D eigenvalue weighted by atomic mass is 9.80. The monoisotopic (exact) mass is 405 g/mol. The first-order valence-electron chi connectivity index (χ1n) is 10.7. The van der Waals surface area contributed by atoms with E-state index in [2.05, 4.69) is 52.9 Å². The molecular formula is C23H27N5O2. The highest BCUT2D eigenvalue weighted by atomic mass is 16.6. The summed E-state index contributed by atoms with van der Waals surface area (Å²) in [7, 11) is 0. The highest BCUT2D eigenvalue weighted by Crippen LogP contribution is 2.41. The zero-order valence-electron chi connectivity index (χ0n) is 17.5. The van der Waals surface area contributed by atoms with Gasteiger partial charge in [0.15, 0.2) is 17.3 Å². The molecule has 7 heteroatoms. The van der Waals surface area contributed by atoms with Crippen molar-refractivity contribution in [2.75, 3.05) is 18.5 Å². The fourth-order valence-electron chi connectivity index (χ4n) is 4.59. The lowest BCUT2D eigenvalue weighted by molar-refractivity contribution is 0.171. The zero-order chi connectivity index (χ0) is 20.6. The minimum atomic E-state index is -0.310. The lowest BCUT2D eigenvalue weighted by Gasteiger charge is -2.38. The largest absolute Gasteiger partial charge is 0.486 e. The van der Waals surface area contributed by atoms with Crippen molar-refractivity contribution in [3.8, 4) is 17.2 Å². The molecule has 0 atom stereocenters. The Labute approximate surface area is 176 Å². The van der Waals surface area contributed by atoms with Gasteiger partial charge in [-0.2, -0.15) is 4.68 Å². The molecule has 0 saturated heterocycles. The van der Waals surface area contributed by atoms with E-state index in [1.807, 2.05) is 22.9 Å². The molecule has 2 aromatic carbocycles. The second-order valence-corrected chi connectivity index (χ2v) is 8.33. The molecule has 0 unspecified atom stereocenters. The minimum absolute atomic E-state index is 0.310. The molecule has 5 rings (SSSR count). The Balaban J connectivity index is 1.56. The first kappa shape index (κ1) is 18.9. The van der Waals surface area contributed by atoms with Crippen molar-refractivity contribution in [2.45, 2.75) is 51.5 Å². The Morgan fingerprint density at radius 3 is 2.53 bits per heavy atom. The van der Waals surface area contributed by atoms with Gasteiger partial charge in [0, 0.05) is 11.8 Å². The first-order valence-corrected chi connectivity index (χ1v) is 10.7. The van der Waals surface area contributed by atoms with Gasteiger partial charge < -0.3 is 14.8 Å². The van der Waals surface area contributed by atoms with Crippen LogP contribution in [-0.2, 0) is 5.54 Å². The number of benzene rings is 2. The molecule has 0 radical (unpaired) electrons. The normalized spacial score (nSPS) is 17.5. The van der Waals surface area contributed by atoms with Gasteiger partial charge in [0.1, 0.15) is 13.2 Å². The number of hydrogen-bond acceptors (Lipinski definition) is 6. The third-order valence-electron chi connectivity index (χ3n) is 6.13. The van der Waals surface area contributed by atoms with Gasteiger partial charge in [0.25, 0.3) is 0 Å². The molecule has 1 aromatic heterocycles. The zero-order valence-corrected chi connectivity index (χ0v) is 17.5. The average Bonchev–Trinajstić information content (AvgIpc) is 3.27. The van der Waals surface area contributed by atoms with Gasteiger partial charge in [-0.25, -0.2) is 0 Å². The van der Waals surface area contributed by atoms with Crippen LogP contribution in [0.1, 0.15) is 49.1 Å². The Hall–Kier alpha value is -3.09. The van der Waals surface area contributed by atoms with E-state index in [9.17, 15) is 0 Å². The summed E-state index contributed by atoms with van der Waals surface area (Å²) in [5, 5.41) is 16.8. The maximum absolute atomic E-state index is 5.77. The minimum Gasteiger partial charge on any atom is -0.486 e. The predicted molar refractivity (Wildman–Crippen MR) is 114 cm³/mol. The van der Waals surface area contributed by atoms with Crippen LogP contribution in [0.4, 0.5) is 5.69 Å². The van der Waals surface area contributed by atoms with E-state index in [1.165, 1.54) is 17.5 Å². The van der Waals surface area contributed by atoms with Gasteiger partial charge in [0.05, 0.1) is 11.2 Å². The van der Waals surface area contributed by atoms with Gasteiger partial charge in [0.2, 0.25) is 0 Å². The molecule has 1 aliphatic carbocycles. The Bertz CT molecular complexity index is 1060. The average molecular weight is 406 g/mol. The van der Waals surface area contributed by atoms with Crippen molar-refractivity contribution in [3.05, 3.63) is 53.3 Å². The second kappa shape index (κ2) is 7.63. The lowest BCUT2D eigenvalue weighted by Crippen LogP contribution is -2.40. The molecule has 2 aliphatic rings. The molecule has 30 heavy (non-hydrogen) atoms. The van der Waals surface area contributed by atoms with Crippen LogP contribution in [0, 0.1) is 13.8 Å². The van der Waals surface area contributed by atoms with Crippen LogP contribution < -0.4 is 14.8 Å². The van der Waals surface area contributed by atoms with Crippen LogP contribution in [-0.4, -0.2) is 33.4 Å². The molecule has 0 amide bonds. The Morgan fingerprint density at radius 2 is 1.73 bits per heavy atom. The quantitative estimate of drug-likeness (QED) is 0.697. The van der Waals surface area contributed by atoms with Crippen molar-refractivity contribution >= 4 is 5.69 Å². The number of nitrogens with zero attached hydrogens (tertiary/aromatic N) is 4. The van der Waals surface area contributed by atoms with Crippen molar-refractivity contribution in [1.82, 2.24) is 20.2 Å². The summed E-state index contributed by atoms with van der Waals surface area (Å²) in [4.78, 5) is 0. The van der Waals surface area contributed by atoms with Crippen LogP contribution in [0.25, 0.3) is 5.69 Å². The van der Waals surface area contributed by atoms with Crippen molar-refractivity contribution in [3.63, 3.8) is 0 Å². The molecular weight excluding hydrogens is 378 g/mol. The molecule has 156 valence electrons. The van der Waals surface area contributed by atoms with E-state index in [0.717, 1.165) is 54.4 Å². The van der Waals surface area contributed by atoms with Crippen LogP contribution in [0.5, 0.6) is 11.5 Å². The number of nitrogens with one attached hydrogen (secondary N) is 1. The van der Waals surface area contributed by atoms with E-state index >= 15 is 0 Å². The summed E-state index contributed by atoms with van der Waals surface area (Å²) in [6.45, 7) is 5.40. The Morgan fingerprint density at radius 1 is 0.933 bits per heavy atom. The summed E-state index contributed by atoms with van der Waals surface area (Å²) in [5.74, 6) is 2.35. The first-order chi connectivity index (χ1) is 14.6. The third kappa shape index (κ3) is 3.38. The van der Waals surface area contributed by atoms with Gasteiger partial charge >= 0.3 is 0 Å².